The Morgan fingerprint density at radius 2 is 2.19 bits per heavy atom. The summed E-state index contributed by atoms with van der Waals surface area (Å²) in [7, 11) is 2.08. The average Bonchev–Trinajstić information content (AvgIpc) is 2.29. The van der Waals surface area contributed by atoms with Crippen LogP contribution < -0.4 is 5.32 Å². The highest BCUT2D eigenvalue weighted by molar-refractivity contribution is 8.07. The Kier molecular flexibility index (Phi) is 6.72. The zero-order chi connectivity index (χ0) is 12.0. The normalized spacial score (nSPS) is 32.0. The fourth-order valence-corrected chi connectivity index (χ4v) is 5.17. The van der Waals surface area contributed by atoms with E-state index in [1.165, 1.54) is 12.2 Å². The molecule has 0 amide bonds. The van der Waals surface area contributed by atoms with E-state index >= 15 is 0 Å². The molecular weight excluding hydrogens is 234 g/mol. The summed E-state index contributed by atoms with van der Waals surface area (Å²) < 4.78 is 0. The van der Waals surface area contributed by atoms with Crippen LogP contribution in [0.2, 0.25) is 0 Å². The van der Waals surface area contributed by atoms with Crippen molar-refractivity contribution in [3.8, 4) is 12.3 Å². The van der Waals surface area contributed by atoms with Crippen LogP contribution in [0, 0.1) is 12.3 Å². The van der Waals surface area contributed by atoms with Crippen molar-refractivity contribution in [3.05, 3.63) is 0 Å². The lowest BCUT2D eigenvalue weighted by Gasteiger charge is -2.35. The molecule has 92 valence electrons. The monoisotopic (exact) mass is 257 g/mol. The van der Waals surface area contributed by atoms with Gasteiger partial charge in [-0.15, -0.1) is 12.3 Å². The summed E-state index contributed by atoms with van der Waals surface area (Å²) in [5, 5.41) is 5.78. The van der Waals surface area contributed by atoms with Gasteiger partial charge in [0.1, 0.15) is 0 Å². The Morgan fingerprint density at radius 3 is 2.75 bits per heavy atom. The van der Waals surface area contributed by atoms with Gasteiger partial charge >= 0.3 is 0 Å². The lowest BCUT2D eigenvalue weighted by atomic mass is 10.1. The molecule has 1 rings (SSSR count). The number of unbranched alkanes of at least 4 members (excludes halogenated alkanes) is 1. The fourth-order valence-electron chi connectivity index (χ4n) is 1.96. The maximum Gasteiger partial charge on any atom is 0.0294 e. The number of hydrogen-bond acceptors (Lipinski definition) is 3. The molecule has 1 aliphatic rings. The van der Waals surface area contributed by atoms with Crippen LogP contribution in [-0.2, 0) is 0 Å². The molecule has 4 unspecified atom stereocenters. The van der Waals surface area contributed by atoms with Gasteiger partial charge in [0.05, 0.1) is 0 Å². The fraction of sp³-hybridized carbons (Fsp3) is 0.846. The summed E-state index contributed by atoms with van der Waals surface area (Å²) in [6.45, 7) is 4.69. The third-order valence-electron chi connectivity index (χ3n) is 3.23. The van der Waals surface area contributed by atoms with Crippen molar-refractivity contribution in [2.24, 2.45) is 0 Å². The molecule has 16 heavy (non-hydrogen) atoms. The molecule has 0 saturated carbocycles. The van der Waals surface area contributed by atoms with E-state index < -0.39 is 0 Å². The van der Waals surface area contributed by atoms with Crippen molar-refractivity contribution in [2.45, 2.75) is 54.9 Å². The number of rotatable bonds is 5. The first-order valence-corrected chi connectivity index (χ1v) is 8.06. The third kappa shape index (κ3) is 4.24. The van der Waals surface area contributed by atoms with Crippen LogP contribution in [0.1, 0.15) is 33.1 Å². The standard InChI is InChI=1S/C13H23NS2/c1-5-6-7-8-12(14-4)13-9-15-10(2)11(3)16-13/h1,10-14H,6-9H2,2-4H3. The van der Waals surface area contributed by atoms with E-state index in [2.05, 4.69) is 55.7 Å². The Bertz CT molecular complexity index is 237. The van der Waals surface area contributed by atoms with Gasteiger partial charge < -0.3 is 5.32 Å². The number of thioether (sulfide) groups is 2. The van der Waals surface area contributed by atoms with E-state index in [1.807, 2.05) is 0 Å². The molecule has 0 aromatic heterocycles. The first-order valence-electron chi connectivity index (χ1n) is 6.06. The zero-order valence-corrected chi connectivity index (χ0v) is 12.2. The molecule has 4 atom stereocenters. The van der Waals surface area contributed by atoms with Gasteiger partial charge in [0.15, 0.2) is 0 Å². The minimum atomic E-state index is 0.626. The van der Waals surface area contributed by atoms with Gasteiger partial charge in [-0.05, 0) is 19.9 Å². The smallest absolute Gasteiger partial charge is 0.0294 e. The second-order valence-corrected chi connectivity index (χ2v) is 7.44. The van der Waals surface area contributed by atoms with E-state index in [4.69, 9.17) is 6.42 Å². The van der Waals surface area contributed by atoms with Gasteiger partial charge in [0.25, 0.3) is 0 Å². The largest absolute Gasteiger partial charge is 0.316 e. The minimum absolute atomic E-state index is 0.626. The Hall–Kier alpha value is 0.220. The molecule has 1 N–H and O–H groups in total. The first kappa shape index (κ1) is 14.3. The highest BCUT2D eigenvalue weighted by Gasteiger charge is 2.30. The molecule has 0 aromatic carbocycles. The van der Waals surface area contributed by atoms with Gasteiger partial charge in [-0.1, -0.05) is 13.8 Å². The molecular formula is C13H23NS2. The van der Waals surface area contributed by atoms with E-state index in [0.717, 1.165) is 28.6 Å². The van der Waals surface area contributed by atoms with E-state index in [0.29, 0.717) is 6.04 Å². The van der Waals surface area contributed by atoms with Crippen molar-refractivity contribution in [3.63, 3.8) is 0 Å². The summed E-state index contributed by atoms with van der Waals surface area (Å²) in [5.41, 5.74) is 0. The number of hydrogen-bond donors (Lipinski definition) is 1. The Morgan fingerprint density at radius 1 is 1.44 bits per heavy atom. The average molecular weight is 257 g/mol. The molecule has 1 saturated heterocycles. The van der Waals surface area contributed by atoms with Crippen molar-refractivity contribution in [1.82, 2.24) is 5.32 Å². The number of terminal acetylenes is 1. The molecule has 3 heteroatoms. The lowest BCUT2D eigenvalue weighted by Crippen LogP contribution is -2.41. The molecule has 0 aromatic rings. The molecule has 1 fully saturated rings. The highest BCUT2D eigenvalue weighted by Crippen LogP contribution is 2.37. The van der Waals surface area contributed by atoms with Crippen molar-refractivity contribution >= 4 is 23.5 Å². The molecule has 1 nitrogen and oxygen atoms in total. The summed E-state index contributed by atoms with van der Waals surface area (Å²) in [4.78, 5) is 0. The van der Waals surface area contributed by atoms with Crippen LogP contribution in [0.25, 0.3) is 0 Å². The van der Waals surface area contributed by atoms with Crippen LogP contribution in [0.5, 0.6) is 0 Å². The van der Waals surface area contributed by atoms with Gasteiger partial charge in [0.2, 0.25) is 0 Å². The predicted molar refractivity (Wildman–Crippen MR) is 78.3 cm³/mol. The van der Waals surface area contributed by atoms with Crippen molar-refractivity contribution < 1.29 is 0 Å². The van der Waals surface area contributed by atoms with Crippen LogP contribution in [0.15, 0.2) is 0 Å². The van der Waals surface area contributed by atoms with E-state index in [1.54, 1.807) is 0 Å². The van der Waals surface area contributed by atoms with E-state index in [9.17, 15) is 0 Å². The maximum atomic E-state index is 5.30. The summed E-state index contributed by atoms with van der Waals surface area (Å²) in [6, 6.07) is 0.626. The van der Waals surface area contributed by atoms with Gasteiger partial charge in [0, 0.05) is 34.0 Å². The Balaban J connectivity index is 2.38. The van der Waals surface area contributed by atoms with Gasteiger partial charge in [-0.2, -0.15) is 23.5 Å². The summed E-state index contributed by atoms with van der Waals surface area (Å²) in [6.07, 6.45) is 8.56. The molecule has 0 aliphatic carbocycles. The van der Waals surface area contributed by atoms with Crippen LogP contribution in [-0.4, -0.2) is 34.6 Å². The molecule has 0 spiro atoms. The minimum Gasteiger partial charge on any atom is -0.316 e. The van der Waals surface area contributed by atoms with Gasteiger partial charge in [-0.3, -0.25) is 0 Å². The second kappa shape index (κ2) is 7.53. The summed E-state index contributed by atoms with van der Waals surface area (Å²) in [5.74, 6) is 4.00. The van der Waals surface area contributed by atoms with Crippen molar-refractivity contribution in [1.29, 1.82) is 0 Å². The molecule has 1 heterocycles. The maximum absolute atomic E-state index is 5.30. The highest BCUT2D eigenvalue weighted by atomic mass is 32.2. The number of nitrogens with one attached hydrogen (secondary N) is 1. The predicted octanol–water partition coefficient (Wildman–Crippen LogP) is 3.00. The SMILES string of the molecule is C#CCCCC(NC)C1CSC(C)C(C)S1. The van der Waals surface area contributed by atoms with Crippen molar-refractivity contribution in [2.75, 3.05) is 12.8 Å². The third-order valence-corrected chi connectivity index (χ3v) is 6.78. The molecule has 0 radical (unpaired) electrons. The summed E-state index contributed by atoms with van der Waals surface area (Å²) >= 11 is 4.27. The zero-order valence-electron chi connectivity index (χ0n) is 10.5. The molecule has 1 aliphatic heterocycles. The second-order valence-electron chi connectivity index (χ2n) is 4.41. The quantitative estimate of drug-likeness (QED) is 0.601. The molecule has 0 bridgehead atoms. The van der Waals surface area contributed by atoms with Gasteiger partial charge in [-0.25, -0.2) is 0 Å². The topological polar surface area (TPSA) is 12.0 Å². The Labute approximate surface area is 109 Å². The van der Waals surface area contributed by atoms with Crippen LogP contribution in [0.3, 0.4) is 0 Å². The van der Waals surface area contributed by atoms with Crippen LogP contribution >= 0.6 is 23.5 Å². The van der Waals surface area contributed by atoms with E-state index in [-0.39, 0.29) is 0 Å². The van der Waals surface area contributed by atoms with Crippen LogP contribution in [0.4, 0.5) is 0 Å². The lowest BCUT2D eigenvalue weighted by molar-refractivity contribution is 0.505. The first-order chi connectivity index (χ1) is 7.69.